The molecule has 0 heterocycles. The van der Waals surface area contributed by atoms with E-state index in [2.05, 4.69) is 19.2 Å². The topological polar surface area (TPSA) is 14.1 Å². The normalized spacial score (nSPS) is 10.3. The van der Waals surface area contributed by atoms with E-state index in [1.165, 1.54) is 6.42 Å². The summed E-state index contributed by atoms with van der Waals surface area (Å²) in [4.78, 5) is 0. The Morgan fingerprint density at radius 3 is 2.14 bits per heavy atom. The average Bonchev–Trinajstić information content (AvgIpc) is 1.61. The Morgan fingerprint density at radius 2 is 2.00 bits per heavy atom. The van der Waals surface area contributed by atoms with Crippen molar-refractivity contribution < 1.29 is 0 Å². The molecule has 1 nitrogen and oxygen atoms in total. The van der Waals surface area contributed by atoms with Crippen molar-refractivity contribution >= 4 is 0 Å². The first kappa shape index (κ1) is 6.96. The predicted octanol–water partition coefficient (Wildman–Crippen LogP) is 1.27. The number of nitrogens with zero attached hydrogens (tertiary/aromatic N) is 1. The Hall–Kier alpha value is -0.0400. The molecule has 0 amide bonds. The van der Waals surface area contributed by atoms with Crippen molar-refractivity contribution in [2.75, 3.05) is 13.6 Å². The van der Waals surface area contributed by atoms with Crippen LogP contribution in [0.15, 0.2) is 0 Å². The second-order valence-electron chi connectivity index (χ2n) is 2.22. The largest absolute Gasteiger partial charge is 0.245 e. The standard InChI is InChI=1S/C6H14N/c1-6(2)4-5-7-3/h6H,4-5H2,1-3H3. The Bertz CT molecular complexity index is 33.2. The first-order valence-corrected chi connectivity index (χ1v) is 2.83. The molecule has 0 aliphatic rings. The second kappa shape index (κ2) is 4.13. The fraction of sp³-hybridized carbons (Fsp3) is 1.00. The van der Waals surface area contributed by atoms with E-state index in [0.29, 0.717) is 0 Å². The molecule has 0 aromatic heterocycles. The molecule has 1 heteroatoms. The molecule has 0 aromatic rings. The minimum Gasteiger partial charge on any atom is -0.245 e. The highest BCUT2D eigenvalue weighted by molar-refractivity contribution is 4.44. The zero-order valence-corrected chi connectivity index (χ0v) is 5.44. The van der Waals surface area contributed by atoms with Crippen LogP contribution in [0.3, 0.4) is 0 Å². The van der Waals surface area contributed by atoms with E-state index < -0.39 is 0 Å². The van der Waals surface area contributed by atoms with Crippen molar-refractivity contribution in [3.8, 4) is 0 Å². The predicted molar refractivity (Wildman–Crippen MR) is 32.4 cm³/mol. The van der Waals surface area contributed by atoms with Gasteiger partial charge in [-0.2, -0.15) is 0 Å². The van der Waals surface area contributed by atoms with Gasteiger partial charge in [-0.3, -0.25) is 0 Å². The second-order valence-corrected chi connectivity index (χ2v) is 2.22. The Morgan fingerprint density at radius 1 is 1.43 bits per heavy atom. The third kappa shape index (κ3) is 5.96. The van der Waals surface area contributed by atoms with Crippen LogP contribution in [0.25, 0.3) is 0 Å². The quantitative estimate of drug-likeness (QED) is 0.507. The highest BCUT2D eigenvalue weighted by atomic mass is 14.8. The molecule has 0 aliphatic heterocycles. The van der Waals surface area contributed by atoms with Crippen LogP contribution in [0.4, 0.5) is 0 Å². The lowest BCUT2D eigenvalue weighted by molar-refractivity contribution is 0.558. The van der Waals surface area contributed by atoms with Crippen LogP contribution >= 0.6 is 0 Å². The van der Waals surface area contributed by atoms with Crippen LogP contribution in [0.1, 0.15) is 20.3 Å². The summed E-state index contributed by atoms with van der Waals surface area (Å²) in [6, 6.07) is 0. The number of hydrogen-bond acceptors (Lipinski definition) is 0. The van der Waals surface area contributed by atoms with Crippen LogP contribution in [0, 0.1) is 5.92 Å². The van der Waals surface area contributed by atoms with E-state index >= 15 is 0 Å². The molecule has 7 heavy (non-hydrogen) atoms. The van der Waals surface area contributed by atoms with Gasteiger partial charge in [0, 0.05) is 13.6 Å². The maximum Gasteiger partial charge on any atom is 0.0132 e. The molecule has 0 aliphatic carbocycles. The van der Waals surface area contributed by atoms with Crippen LogP contribution in [0.2, 0.25) is 0 Å². The Kier molecular flexibility index (Phi) is 4.10. The fourth-order valence-corrected chi connectivity index (χ4v) is 0.387. The fourth-order valence-electron chi connectivity index (χ4n) is 0.387. The molecule has 43 valence electrons. The van der Waals surface area contributed by atoms with Gasteiger partial charge in [0.05, 0.1) is 0 Å². The molecule has 1 radical (unpaired) electrons. The van der Waals surface area contributed by atoms with Crippen molar-refractivity contribution in [1.82, 2.24) is 5.32 Å². The smallest absolute Gasteiger partial charge is 0.0132 e. The molecule has 0 spiro atoms. The van der Waals surface area contributed by atoms with Crippen LogP contribution in [-0.4, -0.2) is 13.6 Å². The zero-order chi connectivity index (χ0) is 5.70. The summed E-state index contributed by atoms with van der Waals surface area (Å²) < 4.78 is 0. The van der Waals surface area contributed by atoms with Gasteiger partial charge in [0.15, 0.2) is 0 Å². The molecule has 0 atom stereocenters. The third-order valence-corrected chi connectivity index (χ3v) is 0.930. The van der Waals surface area contributed by atoms with Gasteiger partial charge in [-0.1, -0.05) is 13.8 Å². The van der Waals surface area contributed by atoms with Gasteiger partial charge in [0.1, 0.15) is 0 Å². The van der Waals surface area contributed by atoms with Gasteiger partial charge in [0.2, 0.25) is 0 Å². The van der Waals surface area contributed by atoms with E-state index in [1.54, 1.807) is 0 Å². The SMILES string of the molecule is C[N]CCC(C)C. The van der Waals surface area contributed by atoms with Gasteiger partial charge in [-0.15, -0.1) is 0 Å². The molecule has 0 bridgehead atoms. The van der Waals surface area contributed by atoms with Crippen molar-refractivity contribution in [3.05, 3.63) is 0 Å². The summed E-state index contributed by atoms with van der Waals surface area (Å²) in [5.41, 5.74) is 0. The van der Waals surface area contributed by atoms with Crippen LogP contribution < -0.4 is 5.32 Å². The van der Waals surface area contributed by atoms with Gasteiger partial charge in [0.25, 0.3) is 0 Å². The highest BCUT2D eigenvalue weighted by Gasteiger charge is 1.88. The summed E-state index contributed by atoms with van der Waals surface area (Å²) in [5, 5.41) is 3.98. The van der Waals surface area contributed by atoms with Gasteiger partial charge in [-0.05, 0) is 12.3 Å². The minimum atomic E-state index is 0.809. The van der Waals surface area contributed by atoms with Crippen LogP contribution in [-0.2, 0) is 0 Å². The maximum absolute atomic E-state index is 3.98. The van der Waals surface area contributed by atoms with Crippen LogP contribution in [0.5, 0.6) is 0 Å². The first-order valence-electron chi connectivity index (χ1n) is 2.83. The zero-order valence-electron chi connectivity index (χ0n) is 5.44. The van der Waals surface area contributed by atoms with Crippen molar-refractivity contribution in [2.45, 2.75) is 20.3 Å². The van der Waals surface area contributed by atoms with Crippen molar-refractivity contribution in [2.24, 2.45) is 5.92 Å². The molecule has 0 rings (SSSR count). The molecular weight excluding hydrogens is 86.1 g/mol. The Balaban J connectivity index is 2.68. The molecule has 0 saturated heterocycles. The summed E-state index contributed by atoms with van der Waals surface area (Å²) >= 11 is 0. The third-order valence-electron chi connectivity index (χ3n) is 0.930. The van der Waals surface area contributed by atoms with Gasteiger partial charge in [-0.25, -0.2) is 5.32 Å². The lowest BCUT2D eigenvalue weighted by Crippen LogP contribution is -2.02. The average molecular weight is 100 g/mol. The van der Waals surface area contributed by atoms with E-state index in [0.717, 1.165) is 12.5 Å². The van der Waals surface area contributed by atoms with Crippen molar-refractivity contribution in [1.29, 1.82) is 0 Å². The van der Waals surface area contributed by atoms with E-state index in [-0.39, 0.29) is 0 Å². The molecule has 0 N–H and O–H groups in total. The van der Waals surface area contributed by atoms with E-state index in [9.17, 15) is 0 Å². The summed E-state index contributed by atoms with van der Waals surface area (Å²) in [5.74, 6) is 0.809. The molecule has 0 saturated carbocycles. The molecule has 0 unspecified atom stereocenters. The Labute approximate surface area is 46.1 Å². The van der Waals surface area contributed by atoms with Gasteiger partial charge >= 0.3 is 0 Å². The van der Waals surface area contributed by atoms with Crippen molar-refractivity contribution in [3.63, 3.8) is 0 Å². The monoisotopic (exact) mass is 100 g/mol. The lowest BCUT2D eigenvalue weighted by atomic mass is 10.1. The van der Waals surface area contributed by atoms with Gasteiger partial charge < -0.3 is 0 Å². The molecule has 0 aromatic carbocycles. The minimum absolute atomic E-state index is 0.809. The molecule has 0 fully saturated rings. The maximum atomic E-state index is 3.98. The first-order chi connectivity index (χ1) is 3.27. The lowest BCUT2D eigenvalue weighted by Gasteiger charge is -1.99. The number of rotatable bonds is 3. The summed E-state index contributed by atoms with van der Waals surface area (Å²) in [7, 11) is 1.86. The summed E-state index contributed by atoms with van der Waals surface area (Å²) in [6.07, 6.45) is 1.23. The number of hydrogen-bond donors (Lipinski definition) is 0. The summed E-state index contributed by atoms with van der Waals surface area (Å²) in [6.45, 7) is 5.45. The van der Waals surface area contributed by atoms with E-state index in [4.69, 9.17) is 0 Å². The highest BCUT2D eigenvalue weighted by Crippen LogP contribution is 1.95. The molecular formula is C6H14N. The van der Waals surface area contributed by atoms with E-state index in [1.807, 2.05) is 7.05 Å².